The van der Waals surface area contributed by atoms with Crippen molar-refractivity contribution in [3.8, 4) is 0 Å². The molecule has 0 fully saturated rings. The van der Waals surface area contributed by atoms with Crippen molar-refractivity contribution in [1.82, 2.24) is 4.98 Å². The summed E-state index contributed by atoms with van der Waals surface area (Å²) in [6.45, 7) is 1.83. The molecule has 1 aromatic heterocycles. The number of anilines is 4. The van der Waals surface area contributed by atoms with E-state index in [0.29, 0.717) is 21.5 Å². The van der Waals surface area contributed by atoms with Crippen LogP contribution in [0.25, 0.3) is 0 Å². The van der Waals surface area contributed by atoms with Gasteiger partial charge in [-0.1, -0.05) is 46.7 Å². The Morgan fingerprint density at radius 3 is 2.69 bits per heavy atom. The van der Waals surface area contributed by atoms with Crippen LogP contribution < -0.4 is 16.4 Å². The zero-order chi connectivity index (χ0) is 18.8. The molecule has 0 spiro atoms. The highest BCUT2D eigenvalue weighted by molar-refractivity contribution is 7.18. The third-order valence-corrected chi connectivity index (χ3v) is 5.10. The summed E-state index contributed by atoms with van der Waals surface area (Å²) in [4.78, 5) is 16.8. The minimum absolute atomic E-state index is 0.0179. The second kappa shape index (κ2) is 7.49. The van der Waals surface area contributed by atoms with Gasteiger partial charge in [0.25, 0.3) is 5.91 Å². The maximum absolute atomic E-state index is 13.5. The van der Waals surface area contributed by atoms with Crippen LogP contribution >= 0.6 is 34.5 Å². The summed E-state index contributed by atoms with van der Waals surface area (Å²) in [5.41, 5.74) is 7.63. The van der Waals surface area contributed by atoms with Crippen molar-refractivity contribution < 1.29 is 9.18 Å². The minimum atomic E-state index is -0.562. The molecule has 0 unspecified atom stereocenters. The second-order valence-corrected chi connectivity index (χ2v) is 7.19. The van der Waals surface area contributed by atoms with Gasteiger partial charge in [0.1, 0.15) is 16.5 Å². The number of thiazole rings is 1. The highest BCUT2D eigenvalue weighted by atomic mass is 35.5. The number of carbonyl (C=O) groups is 1. The molecule has 0 saturated heterocycles. The Hall–Kier alpha value is -2.35. The molecule has 2 aromatic carbocycles. The summed E-state index contributed by atoms with van der Waals surface area (Å²) in [5.74, 6) is -0.922. The third-order valence-electron chi connectivity index (χ3n) is 3.49. The molecule has 0 radical (unpaired) electrons. The number of benzene rings is 2. The minimum Gasteiger partial charge on any atom is -0.382 e. The molecule has 9 heteroatoms. The lowest BCUT2D eigenvalue weighted by Gasteiger charge is -2.09. The molecule has 0 aliphatic rings. The molecule has 0 aliphatic heterocycles. The topological polar surface area (TPSA) is 80.0 Å². The van der Waals surface area contributed by atoms with E-state index in [1.807, 2.05) is 13.0 Å². The summed E-state index contributed by atoms with van der Waals surface area (Å²) in [7, 11) is 0. The first-order valence-corrected chi connectivity index (χ1v) is 8.97. The molecule has 26 heavy (non-hydrogen) atoms. The van der Waals surface area contributed by atoms with Gasteiger partial charge in [0, 0.05) is 5.69 Å². The normalized spacial score (nSPS) is 10.6. The molecule has 3 rings (SSSR count). The molecule has 0 aliphatic carbocycles. The molecule has 5 nitrogen and oxygen atoms in total. The Balaban J connectivity index is 1.81. The summed E-state index contributed by atoms with van der Waals surface area (Å²) < 4.78 is 13.5. The number of nitrogens with one attached hydrogen (secondary N) is 2. The lowest BCUT2D eigenvalue weighted by atomic mass is 10.2. The number of halogens is 3. The Morgan fingerprint density at radius 1 is 1.23 bits per heavy atom. The molecule has 0 atom stereocenters. The van der Waals surface area contributed by atoms with Crippen LogP contribution in [0, 0.1) is 12.7 Å². The second-order valence-electron chi connectivity index (χ2n) is 5.37. The van der Waals surface area contributed by atoms with E-state index in [4.69, 9.17) is 28.9 Å². The Labute approximate surface area is 163 Å². The van der Waals surface area contributed by atoms with E-state index in [-0.39, 0.29) is 15.7 Å². The number of aromatic nitrogens is 1. The zero-order valence-corrected chi connectivity index (χ0v) is 15.8. The van der Waals surface area contributed by atoms with Crippen molar-refractivity contribution in [2.75, 3.05) is 16.4 Å². The first-order valence-electron chi connectivity index (χ1n) is 7.40. The van der Waals surface area contributed by atoms with Crippen LogP contribution in [0.15, 0.2) is 36.4 Å². The number of rotatable bonds is 4. The maximum atomic E-state index is 13.5. The van der Waals surface area contributed by atoms with E-state index in [2.05, 4.69) is 15.6 Å². The van der Waals surface area contributed by atoms with Gasteiger partial charge in [-0.3, -0.25) is 4.79 Å². The standard InChI is InChI=1S/C17H13Cl2FN4OS/c1-8-3-2-4-11(19)13(8)23-16(25)14-15(21)24-17(26-14)22-9-5-6-10(18)12(20)7-9/h2-7H,21H2,1H3,(H,22,24)(H,23,25). The number of carbonyl (C=O) groups excluding carboxylic acids is 1. The molecular weight excluding hydrogens is 398 g/mol. The molecule has 3 aromatic rings. The van der Waals surface area contributed by atoms with E-state index < -0.39 is 11.7 Å². The smallest absolute Gasteiger partial charge is 0.269 e. The van der Waals surface area contributed by atoms with E-state index in [1.165, 1.54) is 12.1 Å². The highest BCUT2D eigenvalue weighted by Crippen LogP contribution is 2.31. The quantitative estimate of drug-likeness (QED) is 0.532. The van der Waals surface area contributed by atoms with Gasteiger partial charge >= 0.3 is 0 Å². The summed E-state index contributed by atoms with van der Waals surface area (Å²) in [6.07, 6.45) is 0. The van der Waals surface area contributed by atoms with Crippen LogP contribution in [-0.4, -0.2) is 10.9 Å². The van der Waals surface area contributed by atoms with Crippen LogP contribution in [0.4, 0.5) is 26.7 Å². The van der Waals surface area contributed by atoms with Crippen LogP contribution in [0.1, 0.15) is 15.2 Å². The van der Waals surface area contributed by atoms with E-state index >= 15 is 0 Å². The molecule has 0 bridgehead atoms. The van der Waals surface area contributed by atoms with Crippen molar-refractivity contribution in [2.24, 2.45) is 0 Å². The van der Waals surface area contributed by atoms with Gasteiger partial charge in [-0.15, -0.1) is 0 Å². The molecular formula is C17H13Cl2FN4OS. The van der Waals surface area contributed by atoms with Crippen LogP contribution in [0.2, 0.25) is 10.0 Å². The first-order chi connectivity index (χ1) is 12.3. The number of para-hydroxylation sites is 1. The third kappa shape index (κ3) is 3.90. The Bertz CT molecular complexity index is 973. The number of hydrogen-bond acceptors (Lipinski definition) is 5. The fraction of sp³-hybridized carbons (Fsp3) is 0.0588. The predicted octanol–water partition coefficient (Wildman–Crippen LogP) is 5.48. The molecule has 134 valence electrons. The van der Waals surface area contributed by atoms with Gasteiger partial charge < -0.3 is 16.4 Å². The van der Waals surface area contributed by atoms with Crippen molar-refractivity contribution in [2.45, 2.75) is 6.92 Å². The van der Waals surface area contributed by atoms with Gasteiger partial charge in [0.15, 0.2) is 5.13 Å². The maximum Gasteiger partial charge on any atom is 0.269 e. The monoisotopic (exact) mass is 410 g/mol. The van der Waals surface area contributed by atoms with Crippen molar-refractivity contribution in [3.05, 3.63) is 62.7 Å². The number of amides is 1. The van der Waals surface area contributed by atoms with E-state index in [0.717, 1.165) is 16.9 Å². The Morgan fingerprint density at radius 2 is 2.00 bits per heavy atom. The molecule has 1 amide bonds. The van der Waals surface area contributed by atoms with Gasteiger partial charge in [0.05, 0.1) is 15.7 Å². The lowest BCUT2D eigenvalue weighted by molar-refractivity contribution is 0.103. The zero-order valence-electron chi connectivity index (χ0n) is 13.4. The summed E-state index contributed by atoms with van der Waals surface area (Å²) in [6, 6.07) is 9.55. The molecule has 4 N–H and O–H groups in total. The molecule has 0 saturated carbocycles. The fourth-order valence-electron chi connectivity index (χ4n) is 2.21. The van der Waals surface area contributed by atoms with Gasteiger partial charge in [-0.05, 0) is 36.8 Å². The van der Waals surface area contributed by atoms with Crippen molar-refractivity contribution in [3.63, 3.8) is 0 Å². The van der Waals surface area contributed by atoms with Crippen molar-refractivity contribution >= 4 is 62.8 Å². The number of nitrogens with zero attached hydrogens (tertiary/aromatic N) is 1. The lowest BCUT2D eigenvalue weighted by Crippen LogP contribution is -2.13. The van der Waals surface area contributed by atoms with Crippen LogP contribution in [-0.2, 0) is 0 Å². The SMILES string of the molecule is Cc1cccc(Cl)c1NC(=O)c1sc(Nc2ccc(Cl)c(F)c2)nc1N. The summed E-state index contributed by atoms with van der Waals surface area (Å²) in [5, 5.41) is 6.44. The average Bonchev–Trinajstić information content (AvgIpc) is 2.95. The van der Waals surface area contributed by atoms with Crippen LogP contribution in [0.3, 0.4) is 0 Å². The van der Waals surface area contributed by atoms with Gasteiger partial charge in [-0.25, -0.2) is 9.37 Å². The average molecular weight is 411 g/mol. The largest absolute Gasteiger partial charge is 0.382 e. The highest BCUT2D eigenvalue weighted by Gasteiger charge is 2.18. The Kier molecular flexibility index (Phi) is 5.31. The summed E-state index contributed by atoms with van der Waals surface area (Å²) >= 11 is 12.8. The number of hydrogen-bond donors (Lipinski definition) is 3. The predicted molar refractivity (Wildman–Crippen MR) is 105 cm³/mol. The van der Waals surface area contributed by atoms with Crippen LogP contribution in [0.5, 0.6) is 0 Å². The van der Waals surface area contributed by atoms with Gasteiger partial charge in [-0.2, -0.15) is 0 Å². The number of nitrogens with two attached hydrogens (primary N) is 1. The first kappa shape index (κ1) is 18.4. The van der Waals surface area contributed by atoms with Crippen molar-refractivity contribution in [1.29, 1.82) is 0 Å². The fourth-order valence-corrected chi connectivity index (χ4v) is 3.39. The number of aryl methyl sites for hydroxylation is 1. The van der Waals surface area contributed by atoms with E-state index in [1.54, 1.807) is 18.2 Å². The molecule has 1 heterocycles. The van der Waals surface area contributed by atoms with Gasteiger partial charge in [0.2, 0.25) is 0 Å². The van der Waals surface area contributed by atoms with E-state index in [9.17, 15) is 9.18 Å². The number of nitrogen functional groups attached to an aromatic ring is 1.